The minimum Gasteiger partial charge on any atom is -0.206 e. The molecular weight excluding hydrogens is 207 g/mol. The van der Waals surface area contributed by atoms with E-state index in [0.717, 1.165) is 5.56 Å². The van der Waals surface area contributed by atoms with Crippen LogP contribution in [-0.4, -0.2) is 6.26 Å². The monoisotopic (exact) mass is 218 g/mol. The number of rotatable bonds is 2. The Morgan fingerprint density at radius 2 is 1.60 bits per heavy atom. The zero-order valence-electron chi connectivity index (χ0n) is 8.41. The molecule has 0 heterocycles. The van der Waals surface area contributed by atoms with Gasteiger partial charge in [-0.25, -0.2) is 4.39 Å². The van der Waals surface area contributed by atoms with Crippen LogP contribution in [0.25, 0.3) is 11.1 Å². The quantitative estimate of drug-likeness (QED) is 0.680. The molecule has 0 saturated carbocycles. The van der Waals surface area contributed by atoms with Crippen molar-refractivity contribution in [2.24, 2.45) is 0 Å². The van der Waals surface area contributed by atoms with Crippen LogP contribution in [0, 0.1) is 5.82 Å². The molecule has 2 rings (SSSR count). The van der Waals surface area contributed by atoms with Crippen molar-refractivity contribution in [3.63, 3.8) is 0 Å². The van der Waals surface area contributed by atoms with Crippen LogP contribution in [0.15, 0.2) is 53.4 Å². The number of benzene rings is 2. The highest BCUT2D eigenvalue weighted by atomic mass is 32.2. The van der Waals surface area contributed by atoms with E-state index in [2.05, 4.69) is 0 Å². The standard InChI is InChI=1S/C13H11FS/c1-15-11-8-6-10(7-9-11)12-4-2-3-5-13(12)14/h2-9H,1H3. The van der Waals surface area contributed by atoms with Crippen LogP contribution in [-0.2, 0) is 0 Å². The van der Waals surface area contributed by atoms with Crippen LogP contribution >= 0.6 is 11.8 Å². The molecule has 0 N–H and O–H groups in total. The summed E-state index contributed by atoms with van der Waals surface area (Å²) in [4.78, 5) is 1.19. The molecule has 0 aliphatic rings. The normalized spacial score (nSPS) is 10.3. The summed E-state index contributed by atoms with van der Waals surface area (Å²) >= 11 is 1.68. The second kappa shape index (κ2) is 4.49. The Morgan fingerprint density at radius 3 is 2.20 bits per heavy atom. The van der Waals surface area contributed by atoms with Gasteiger partial charge in [0.2, 0.25) is 0 Å². The molecule has 0 amide bonds. The van der Waals surface area contributed by atoms with Crippen LogP contribution in [0.1, 0.15) is 0 Å². The Labute approximate surface area is 93.1 Å². The van der Waals surface area contributed by atoms with Gasteiger partial charge in [-0.3, -0.25) is 0 Å². The summed E-state index contributed by atoms with van der Waals surface area (Å²) in [5.74, 6) is -0.172. The number of thioether (sulfide) groups is 1. The summed E-state index contributed by atoms with van der Waals surface area (Å²) in [7, 11) is 0. The average Bonchev–Trinajstić information content (AvgIpc) is 2.30. The van der Waals surface area contributed by atoms with Gasteiger partial charge >= 0.3 is 0 Å². The molecule has 2 aromatic rings. The lowest BCUT2D eigenvalue weighted by molar-refractivity contribution is 0.631. The van der Waals surface area contributed by atoms with Gasteiger partial charge in [0.25, 0.3) is 0 Å². The van der Waals surface area contributed by atoms with E-state index in [9.17, 15) is 4.39 Å². The van der Waals surface area contributed by atoms with Crippen molar-refractivity contribution in [1.82, 2.24) is 0 Å². The van der Waals surface area contributed by atoms with Gasteiger partial charge < -0.3 is 0 Å². The molecule has 15 heavy (non-hydrogen) atoms. The first-order chi connectivity index (χ1) is 7.31. The Morgan fingerprint density at radius 1 is 0.933 bits per heavy atom. The third kappa shape index (κ3) is 2.21. The molecule has 0 aliphatic carbocycles. The van der Waals surface area contributed by atoms with Crippen LogP contribution in [0.4, 0.5) is 4.39 Å². The Bertz CT molecular complexity index is 448. The highest BCUT2D eigenvalue weighted by Gasteiger charge is 2.02. The zero-order valence-corrected chi connectivity index (χ0v) is 9.22. The van der Waals surface area contributed by atoms with Crippen LogP contribution in [0.3, 0.4) is 0 Å². The minimum absolute atomic E-state index is 0.172. The third-order valence-corrected chi connectivity index (χ3v) is 3.02. The van der Waals surface area contributed by atoms with Gasteiger partial charge in [-0.2, -0.15) is 0 Å². The topological polar surface area (TPSA) is 0 Å². The third-order valence-electron chi connectivity index (χ3n) is 2.27. The first-order valence-electron chi connectivity index (χ1n) is 4.70. The fourth-order valence-corrected chi connectivity index (χ4v) is 1.87. The summed E-state index contributed by atoms with van der Waals surface area (Å²) in [5.41, 5.74) is 1.58. The first-order valence-corrected chi connectivity index (χ1v) is 5.92. The lowest BCUT2D eigenvalue weighted by atomic mass is 10.1. The van der Waals surface area contributed by atoms with Crippen molar-refractivity contribution in [3.05, 3.63) is 54.3 Å². The van der Waals surface area contributed by atoms with E-state index < -0.39 is 0 Å². The van der Waals surface area contributed by atoms with E-state index in [-0.39, 0.29) is 5.82 Å². The number of halogens is 1. The summed E-state index contributed by atoms with van der Waals surface area (Å²) in [5, 5.41) is 0. The molecule has 0 atom stereocenters. The number of hydrogen-bond donors (Lipinski definition) is 0. The summed E-state index contributed by atoms with van der Waals surface area (Å²) < 4.78 is 13.5. The van der Waals surface area contributed by atoms with Gasteiger partial charge in [0, 0.05) is 10.5 Å². The largest absolute Gasteiger partial charge is 0.206 e. The number of hydrogen-bond acceptors (Lipinski definition) is 1. The molecule has 0 saturated heterocycles. The van der Waals surface area contributed by atoms with Gasteiger partial charge in [0.1, 0.15) is 5.82 Å². The van der Waals surface area contributed by atoms with E-state index in [1.165, 1.54) is 11.0 Å². The maximum Gasteiger partial charge on any atom is 0.131 e. The molecule has 0 unspecified atom stereocenters. The van der Waals surface area contributed by atoms with Crippen molar-refractivity contribution >= 4 is 11.8 Å². The second-order valence-corrected chi connectivity index (χ2v) is 4.09. The molecule has 0 aromatic heterocycles. The minimum atomic E-state index is -0.172. The average molecular weight is 218 g/mol. The van der Waals surface area contributed by atoms with Crippen molar-refractivity contribution in [1.29, 1.82) is 0 Å². The lowest BCUT2D eigenvalue weighted by Gasteiger charge is -2.03. The van der Waals surface area contributed by atoms with Crippen LogP contribution in [0.5, 0.6) is 0 Å². The molecule has 0 bridgehead atoms. The molecule has 0 radical (unpaired) electrons. The van der Waals surface area contributed by atoms with Crippen LogP contribution in [0.2, 0.25) is 0 Å². The SMILES string of the molecule is CSc1ccc(-c2ccccc2F)cc1. The predicted octanol–water partition coefficient (Wildman–Crippen LogP) is 4.21. The Balaban J connectivity index is 2.42. The van der Waals surface area contributed by atoms with Crippen molar-refractivity contribution < 1.29 is 4.39 Å². The summed E-state index contributed by atoms with van der Waals surface area (Å²) in [6, 6.07) is 14.7. The fourth-order valence-electron chi connectivity index (χ4n) is 1.47. The zero-order chi connectivity index (χ0) is 10.7. The van der Waals surface area contributed by atoms with Crippen molar-refractivity contribution in [2.45, 2.75) is 4.90 Å². The molecule has 0 fully saturated rings. The second-order valence-electron chi connectivity index (χ2n) is 3.21. The van der Waals surface area contributed by atoms with Gasteiger partial charge in [-0.15, -0.1) is 11.8 Å². The summed E-state index contributed by atoms with van der Waals surface area (Å²) in [6.07, 6.45) is 2.03. The Hall–Kier alpha value is -1.28. The van der Waals surface area contributed by atoms with E-state index in [0.29, 0.717) is 5.56 Å². The van der Waals surface area contributed by atoms with E-state index >= 15 is 0 Å². The molecular formula is C13H11FS. The highest BCUT2D eigenvalue weighted by molar-refractivity contribution is 7.98. The summed E-state index contributed by atoms with van der Waals surface area (Å²) in [6.45, 7) is 0. The van der Waals surface area contributed by atoms with E-state index in [4.69, 9.17) is 0 Å². The van der Waals surface area contributed by atoms with Crippen molar-refractivity contribution in [2.75, 3.05) is 6.26 Å². The first kappa shape index (κ1) is 10.2. The van der Waals surface area contributed by atoms with Gasteiger partial charge in [-0.05, 0) is 30.0 Å². The lowest BCUT2D eigenvalue weighted by Crippen LogP contribution is -1.82. The van der Waals surface area contributed by atoms with E-state index in [1.807, 2.05) is 36.6 Å². The van der Waals surface area contributed by atoms with E-state index in [1.54, 1.807) is 23.9 Å². The maximum atomic E-state index is 13.5. The highest BCUT2D eigenvalue weighted by Crippen LogP contribution is 2.24. The van der Waals surface area contributed by atoms with Crippen molar-refractivity contribution in [3.8, 4) is 11.1 Å². The Kier molecular flexibility index (Phi) is 3.07. The molecule has 0 spiro atoms. The van der Waals surface area contributed by atoms with Gasteiger partial charge in [0.05, 0.1) is 0 Å². The predicted molar refractivity (Wildman–Crippen MR) is 63.6 cm³/mol. The molecule has 0 nitrogen and oxygen atoms in total. The van der Waals surface area contributed by atoms with Crippen LogP contribution < -0.4 is 0 Å². The fraction of sp³-hybridized carbons (Fsp3) is 0.0769. The smallest absolute Gasteiger partial charge is 0.131 e. The van der Waals surface area contributed by atoms with Gasteiger partial charge in [0.15, 0.2) is 0 Å². The molecule has 76 valence electrons. The van der Waals surface area contributed by atoms with Gasteiger partial charge in [-0.1, -0.05) is 30.3 Å². The molecule has 2 aromatic carbocycles. The molecule has 0 aliphatic heterocycles. The molecule has 2 heteroatoms. The maximum absolute atomic E-state index is 13.5.